The molecule has 1 unspecified atom stereocenters. The molecule has 24 heavy (non-hydrogen) atoms. The van der Waals surface area contributed by atoms with Crippen LogP contribution in [0.2, 0.25) is 0 Å². The van der Waals surface area contributed by atoms with Crippen molar-refractivity contribution in [1.29, 1.82) is 0 Å². The first kappa shape index (κ1) is 18.9. The molecule has 2 rings (SSSR count). The van der Waals surface area contributed by atoms with Gasteiger partial charge >= 0.3 is 5.69 Å². The highest BCUT2D eigenvalue weighted by molar-refractivity contribution is 5.23. The van der Waals surface area contributed by atoms with E-state index in [1.807, 2.05) is 20.8 Å². The number of ether oxygens (including phenoxy) is 1. The summed E-state index contributed by atoms with van der Waals surface area (Å²) in [5, 5.41) is 0. The molecule has 1 aliphatic rings. The average Bonchev–Trinajstić information content (AvgIpc) is 2.74. The Morgan fingerprint density at radius 1 is 1.29 bits per heavy atom. The summed E-state index contributed by atoms with van der Waals surface area (Å²) in [7, 11) is 0. The zero-order valence-corrected chi connectivity index (χ0v) is 15.7. The smallest absolute Gasteiger partial charge is 0.351 e. The summed E-state index contributed by atoms with van der Waals surface area (Å²) in [5.41, 5.74) is 4.62. The number of anilines is 1. The van der Waals surface area contributed by atoms with Crippen molar-refractivity contribution in [3.8, 4) is 0 Å². The number of nitrogens with zero attached hydrogens (tertiary/aromatic N) is 2. The SMILES string of the molecule is C[C@@H]([C@H]1O[C@@H](n2ccc(N)nc2=O)[C@@H](F)C1C(C)(C)C)C(C)(C)C. The lowest BCUT2D eigenvalue weighted by Gasteiger charge is -2.39. The molecular weight excluding hydrogens is 309 g/mol. The minimum absolute atomic E-state index is 0.0346. The van der Waals surface area contributed by atoms with Crippen LogP contribution in [0.5, 0.6) is 0 Å². The summed E-state index contributed by atoms with van der Waals surface area (Å²) in [5.74, 6) is -0.0692. The zero-order valence-electron chi connectivity index (χ0n) is 15.7. The van der Waals surface area contributed by atoms with Crippen molar-refractivity contribution >= 4 is 5.82 Å². The van der Waals surface area contributed by atoms with Gasteiger partial charge in [-0.3, -0.25) is 4.57 Å². The minimum atomic E-state index is -1.29. The molecule has 0 bridgehead atoms. The van der Waals surface area contributed by atoms with Gasteiger partial charge in [0.25, 0.3) is 0 Å². The topological polar surface area (TPSA) is 70.1 Å². The van der Waals surface area contributed by atoms with Crippen molar-refractivity contribution in [2.24, 2.45) is 22.7 Å². The molecule has 1 fully saturated rings. The van der Waals surface area contributed by atoms with E-state index in [9.17, 15) is 4.79 Å². The molecule has 0 amide bonds. The van der Waals surface area contributed by atoms with E-state index in [-0.39, 0.29) is 34.6 Å². The zero-order chi connectivity index (χ0) is 18.4. The van der Waals surface area contributed by atoms with Crippen LogP contribution in [0.15, 0.2) is 17.1 Å². The van der Waals surface area contributed by atoms with E-state index >= 15 is 4.39 Å². The van der Waals surface area contributed by atoms with Gasteiger partial charge in [0.05, 0.1) is 6.10 Å². The summed E-state index contributed by atoms with van der Waals surface area (Å²) in [6.07, 6.45) is -1.08. The highest BCUT2D eigenvalue weighted by Gasteiger charge is 2.54. The molecule has 0 aliphatic carbocycles. The van der Waals surface area contributed by atoms with Crippen LogP contribution in [0.4, 0.5) is 10.2 Å². The van der Waals surface area contributed by atoms with Gasteiger partial charge in [0.2, 0.25) is 0 Å². The third-order valence-corrected chi connectivity index (χ3v) is 5.25. The van der Waals surface area contributed by atoms with E-state index in [0.717, 1.165) is 0 Å². The number of rotatable bonds is 2. The molecule has 1 aliphatic heterocycles. The van der Waals surface area contributed by atoms with Gasteiger partial charge in [-0.25, -0.2) is 9.18 Å². The number of halogens is 1. The van der Waals surface area contributed by atoms with E-state index in [0.29, 0.717) is 0 Å². The van der Waals surface area contributed by atoms with Gasteiger partial charge in [-0.2, -0.15) is 4.98 Å². The molecule has 136 valence electrons. The van der Waals surface area contributed by atoms with E-state index < -0.39 is 18.1 Å². The second kappa shape index (κ2) is 6.14. The fourth-order valence-corrected chi connectivity index (χ4v) is 3.41. The molecule has 1 saturated heterocycles. The van der Waals surface area contributed by atoms with E-state index in [1.54, 1.807) is 0 Å². The van der Waals surface area contributed by atoms with E-state index in [1.165, 1.54) is 16.8 Å². The molecule has 1 aromatic heterocycles. The molecule has 2 heterocycles. The van der Waals surface area contributed by atoms with Crippen molar-refractivity contribution in [3.05, 3.63) is 22.7 Å². The lowest BCUT2D eigenvalue weighted by molar-refractivity contribution is -0.0692. The molecule has 1 aromatic rings. The maximum atomic E-state index is 15.4. The quantitative estimate of drug-likeness (QED) is 0.896. The van der Waals surface area contributed by atoms with Gasteiger partial charge in [0.1, 0.15) is 5.82 Å². The molecule has 0 aromatic carbocycles. The molecule has 0 spiro atoms. The van der Waals surface area contributed by atoms with Crippen molar-refractivity contribution in [2.45, 2.75) is 67.0 Å². The fourth-order valence-electron chi connectivity index (χ4n) is 3.41. The Balaban J connectivity index is 2.45. The van der Waals surface area contributed by atoms with Gasteiger partial charge in [0, 0.05) is 12.1 Å². The van der Waals surface area contributed by atoms with Crippen LogP contribution in [0.1, 0.15) is 54.7 Å². The summed E-state index contributed by atoms with van der Waals surface area (Å²) < 4.78 is 22.7. The summed E-state index contributed by atoms with van der Waals surface area (Å²) in [4.78, 5) is 15.8. The number of alkyl halides is 1. The molecular formula is C18H30FN3O2. The minimum Gasteiger partial charge on any atom is -0.383 e. The van der Waals surface area contributed by atoms with Gasteiger partial charge < -0.3 is 10.5 Å². The Labute approximate surface area is 143 Å². The average molecular weight is 339 g/mol. The van der Waals surface area contributed by atoms with Crippen LogP contribution < -0.4 is 11.4 Å². The van der Waals surface area contributed by atoms with Gasteiger partial charge in [-0.05, 0) is 22.8 Å². The molecule has 2 N–H and O–H groups in total. The number of aromatic nitrogens is 2. The van der Waals surface area contributed by atoms with Crippen molar-refractivity contribution in [3.63, 3.8) is 0 Å². The monoisotopic (exact) mass is 339 g/mol. The Kier molecular flexibility index (Phi) is 4.83. The molecule has 5 nitrogen and oxygen atoms in total. The van der Waals surface area contributed by atoms with Gasteiger partial charge in [-0.1, -0.05) is 48.5 Å². The summed E-state index contributed by atoms with van der Waals surface area (Å²) in [6, 6.07) is 1.49. The largest absolute Gasteiger partial charge is 0.383 e. The van der Waals surface area contributed by atoms with E-state index in [2.05, 4.69) is 32.7 Å². The van der Waals surface area contributed by atoms with Crippen LogP contribution in [-0.4, -0.2) is 21.8 Å². The number of nitrogen functional groups attached to an aromatic ring is 1. The first-order valence-electron chi connectivity index (χ1n) is 8.48. The summed E-state index contributed by atoms with van der Waals surface area (Å²) >= 11 is 0. The molecule has 0 radical (unpaired) electrons. The van der Waals surface area contributed by atoms with Crippen LogP contribution in [0, 0.1) is 22.7 Å². The Hall–Kier alpha value is -1.43. The number of hydrogen-bond acceptors (Lipinski definition) is 4. The normalized spacial score (nSPS) is 29.7. The lowest BCUT2D eigenvalue weighted by atomic mass is 9.67. The standard InChI is InChI=1S/C18H30FN3O2/c1-10(17(2,3)4)14-12(18(5,6)7)13(19)15(24-14)22-9-8-11(20)21-16(22)23/h8-10,12-15H,1-7H3,(H2,20,21,23)/t10-,12?,13-,14+,15+/m0/s1. The van der Waals surface area contributed by atoms with Crippen LogP contribution in [0.3, 0.4) is 0 Å². The predicted molar refractivity (Wildman–Crippen MR) is 93.3 cm³/mol. The Morgan fingerprint density at radius 2 is 1.88 bits per heavy atom. The van der Waals surface area contributed by atoms with Gasteiger partial charge in [0.15, 0.2) is 12.4 Å². The number of nitrogens with two attached hydrogens (primary N) is 1. The van der Waals surface area contributed by atoms with Gasteiger partial charge in [-0.15, -0.1) is 0 Å². The van der Waals surface area contributed by atoms with Crippen LogP contribution in [0.25, 0.3) is 0 Å². The van der Waals surface area contributed by atoms with Crippen LogP contribution >= 0.6 is 0 Å². The van der Waals surface area contributed by atoms with Crippen molar-refractivity contribution in [1.82, 2.24) is 9.55 Å². The van der Waals surface area contributed by atoms with Crippen molar-refractivity contribution in [2.75, 3.05) is 5.73 Å². The third kappa shape index (κ3) is 3.48. The number of hydrogen-bond donors (Lipinski definition) is 1. The highest BCUT2D eigenvalue weighted by atomic mass is 19.1. The Morgan fingerprint density at radius 3 is 2.33 bits per heavy atom. The molecule has 5 atom stereocenters. The molecule has 6 heteroatoms. The summed E-state index contributed by atoms with van der Waals surface area (Å²) in [6.45, 7) is 14.5. The first-order chi connectivity index (χ1) is 10.8. The van der Waals surface area contributed by atoms with Crippen LogP contribution in [-0.2, 0) is 4.74 Å². The van der Waals surface area contributed by atoms with Crippen molar-refractivity contribution < 1.29 is 9.13 Å². The maximum Gasteiger partial charge on any atom is 0.351 e. The predicted octanol–water partition coefficient (Wildman–Crippen LogP) is 3.41. The van der Waals surface area contributed by atoms with E-state index in [4.69, 9.17) is 10.5 Å². The second-order valence-corrected chi connectivity index (χ2v) is 9.02. The first-order valence-corrected chi connectivity index (χ1v) is 8.48. The maximum absolute atomic E-state index is 15.4. The lowest BCUT2D eigenvalue weighted by Crippen LogP contribution is -2.41. The molecule has 0 saturated carbocycles. The Bertz CT molecular complexity index is 645. The fraction of sp³-hybridized carbons (Fsp3) is 0.778. The third-order valence-electron chi connectivity index (χ3n) is 5.25. The highest BCUT2D eigenvalue weighted by Crippen LogP contribution is 2.50. The second-order valence-electron chi connectivity index (χ2n) is 9.02.